The number of halogens is 1. The Hall–Kier alpha value is -2.73. The van der Waals surface area contributed by atoms with E-state index in [9.17, 15) is 9.50 Å². The molecular weight excluding hydrogens is 309 g/mol. The fourth-order valence-electron chi connectivity index (χ4n) is 2.28. The molecule has 5 nitrogen and oxygen atoms in total. The van der Waals surface area contributed by atoms with Crippen LogP contribution in [-0.4, -0.2) is 41.5 Å². The van der Waals surface area contributed by atoms with Gasteiger partial charge in [-0.2, -0.15) is 0 Å². The first kappa shape index (κ1) is 16.1. The van der Waals surface area contributed by atoms with E-state index in [2.05, 4.69) is 15.3 Å². The standard InChI is InChI=1S/C18H18FN3O2/c1-20-18-7-3-13(10-21-18)17-5-2-12-8-15(4-6-16(12)22-17)24-11-14(23)9-19/h2-8,10,14,23H,9,11H2,1H3,(H,20,21)/t14-/m1/s1. The molecule has 0 radical (unpaired) electrons. The number of aliphatic hydroxyl groups excluding tert-OH is 1. The number of hydrogen-bond donors (Lipinski definition) is 2. The van der Waals surface area contributed by atoms with Crippen LogP contribution in [0.5, 0.6) is 5.75 Å². The first-order chi connectivity index (χ1) is 11.7. The lowest BCUT2D eigenvalue weighted by molar-refractivity contribution is 0.0842. The molecule has 2 aromatic heterocycles. The van der Waals surface area contributed by atoms with Crippen LogP contribution in [0.2, 0.25) is 0 Å². The van der Waals surface area contributed by atoms with Gasteiger partial charge in [0.05, 0.1) is 11.2 Å². The maximum Gasteiger partial charge on any atom is 0.125 e. The fraction of sp³-hybridized carbons (Fsp3) is 0.222. The summed E-state index contributed by atoms with van der Waals surface area (Å²) in [6, 6.07) is 13.1. The number of hydrogen-bond acceptors (Lipinski definition) is 5. The summed E-state index contributed by atoms with van der Waals surface area (Å²) in [5.41, 5.74) is 2.59. The van der Waals surface area contributed by atoms with E-state index in [0.717, 1.165) is 28.0 Å². The summed E-state index contributed by atoms with van der Waals surface area (Å²) in [4.78, 5) is 8.92. The number of pyridine rings is 2. The summed E-state index contributed by atoms with van der Waals surface area (Å²) < 4.78 is 17.6. The summed E-state index contributed by atoms with van der Waals surface area (Å²) in [6.07, 6.45) is 0.671. The number of ether oxygens (including phenoxy) is 1. The first-order valence-electron chi connectivity index (χ1n) is 7.61. The third-order valence-electron chi connectivity index (χ3n) is 3.60. The molecule has 1 atom stereocenters. The smallest absolute Gasteiger partial charge is 0.125 e. The largest absolute Gasteiger partial charge is 0.491 e. The molecule has 24 heavy (non-hydrogen) atoms. The lowest BCUT2D eigenvalue weighted by Gasteiger charge is -2.10. The number of aliphatic hydroxyl groups is 1. The molecule has 0 aliphatic carbocycles. The summed E-state index contributed by atoms with van der Waals surface area (Å²) in [5.74, 6) is 1.38. The second kappa shape index (κ2) is 7.23. The van der Waals surface area contributed by atoms with Crippen molar-refractivity contribution in [2.45, 2.75) is 6.10 Å². The molecule has 3 aromatic rings. The van der Waals surface area contributed by atoms with E-state index in [4.69, 9.17) is 4.74 Å². The minimum absolute atomic E-state index is 0.0724. The van der Waals surface area contributed by atoms with Gasteiger partial charge in [0, 0.05) is 24.2 Å². The van der Waals surface area contributed by atoms with Crippen LogP contribution in [-0.2, 0) is 0 Å². The number of alkyl halides is 1. The van der Waals surface area contributed by atoms with Gasteiger partial charge >= 0.3 is 0 Å². The van der Waals surface area contributed by atoms with Gasteiger partial charge in [0.15, 0.2) is 0 Å². The summed E-state index contributed by atoms with van der Waals surface area (Å²) >= 11 is 0. The van der Waals surface area contributed by atoms with Crippen LogP contribution in [0.15, 0.2) is 48.7 Å². The fourth-order valence-corrected chi connectivity index (χ4v) is 2.28. The van der Waals surface area contributed by atoms with Crippen molar-refractivity contribution in [3.8, 4) is 17.0 Å². The van der Waals surface area contributed by atoms with Crippen molar-refractivity contribution in [1.29, 1.82) is 0 Å². The Labute approximate surface area is 139 Å². The number of benzene rings is 1. The topological polar surface area (TPSA) is 67.3 Å². The quantitative estimate of drug-likeness (QED) is 0.728. The molecule has 2 N–H and O–H groups in total. The lowest BCUT2D eigenvalue weighted by atomic mass is 10.1. The van der Waals surface area contributed by atoms with E-state index in [0.29, 0.717) is 5.75 Å². The second-order valence-electron chi connectivity index (χ2n) is 5.35. The highest BCUT2D eigenvalue weighted by Gasteiger charge is 2.06. The van der Waals surface area contributed by atoms with E-state index in [-0.39, 0.29) is 6.61 Å². The molecular formula is C18H18FN3O2. The zero-order chi connectivity index (χ0) is 16.9. The molecule has 0 aliphatic rings. The Bertz CT molecular complexity index is 824. The lowest BCUT2D eigenvalue weighted by Crippen LogP contribution is -2.19. The van der Waals surface area contributed by atoms with E-state index >= 15 is 0 Å². The predicted octanol–water partition coefficient (Wildman–Crippen LogP) is 3.05. The summed E-state index contributed by atoms with van der Waals surface area (Å²) in [5, 5.41) is 13.1. The van der Waals surface area contributed by atoms with Crippen LogP contribution in [0.25, 0.3) is 22.2 Å². The third kappa shape index (κ3) is 3.60. The van der Waals surface area contributed by atoms with Crippen LogP contribution >= 0.6 is 0 Å². The number of fused-ring (bicyclic) bond motifs is 1. The number of rotatable bonds is 6. The van der Waals surface area contributed by atoms with Crippen molar-refractivity contribution < 1.29 is 14.2 Å². The Balaban J connectivity index is 1.83. The third-order valence-corrected chi connectivity index (χ3v) is 3.60. The minimum atomic E-state index is -1.10. The molecule has 124 valence electrons. The molecule has 0 aliphatic heterocycles. The van der Waals surface area contributed by atoms with Gasteiger partial charge in [-0.05, 0) is 36.4 Å². The van der Waals surface area contributed by atoms with Crippen LogP contribution in [0.1, 0.15) is 0 Å². The van der Waals surface area contributed by atoms with Crippen LogP contribution in [0.3, 0.4) is 0 Å². The van der Waals surface area contributed by atoms with Gasteiger partial charge in [0.25, 0.3) is 0 Å². The molecule has 6 heteroatoms. The minimum Gasteiger partial charge on any atom is -0.491 e. The van der Waals surface area contributed by atoms with Crippen molar-refractivity contribution in [2.75, 3.05) is 25.6 Å². The SMILES string of the molecule is CNc1ccc(-c2ccc3cc(OC[C@H](O)CF)ccc3n2)cn1. The number of nitrogens with one attached hydrogen (secondary N) is 1. The number of nitrogens with zero attached hydrogens (tertiary/aromatic N) is 2. The number of aromatic nitrogens is 2. The Morgan fingerprint density at radius 2 is 2.08 bits per heavy atom. The Kier molecular flexibility index (Phi) is 4.86. The van der Waals surface area contributed by atoms with Crippen molar-refractivity contribution in [1.82, 2.24) is 9.97 Å². The molecule has 2 heterocycles. The molecule has 0 spiro atoms. The Morgan fingerprint density at radius 1 is 1.21 bits per heavy atom. The maximum atomic E-state index is 12.2. The highest BCUT2D eigenvalue weighted by atomic mass is 19.1. The average Bonchev–Trinajstić information content (AvgIpc) is 2.65. The van der Waals surface area contributed by atoms with E-state index in [1.54, 1.807) is 12.3 Å². The zero-order valence-electron chi connectivity index (χ0n) is 13.2. The van der Waals surface area contributed by atoms with Crippen molar-refractivity contribution in [2.24, 2.45) is 0 Å². The van der Waals surface area contributed by atoms with Gasteiger partial charge in [-0.1, -0.05) is 6.07 Å². The van der Waals surface area contributed by atoms with Gasteiger partial charge in [-0.3, -0.25) is 0 Å². The molecule has 0 saturated heterocycles. The zero-order valence-corrected chi connectivity index (χ0v) is 13.2. The van der Waals surface area contributed by atoms with Crippen LogP contribution in [0.4, 0.5) is 10.2 Å². The van der Waals surface area contributed by atoms with Gasteiger partial charge in [-0.25, -0.2) is 14.4 Å². The van der Waals surface area contributed by atoms with E-state index < -0.39 is 12.8 Å². The predicted molar refractivity (Wildman–Crippen MR) is 92.0 cm³/mol. The maximum absolute atomic E-state index is 12.2. The van der Waals surface area contributed by atoms with Crippen molar-refractivity contribution in [3.63, 3.8) is 0 Å². The normalized spacial score (nSPS) is 12.1. The second-order valence-corrected chi connectivity index (χ2v) is 5.35. The molecule has 0 saturated carbocycles. The van der Waals surface area contributed by atoms with Gasteiger partial charge in [0.1, 0.15) is 31.0 Å². The van der Waals surface area contributed by atoms with Crippen LogP contribution < -0.4 is 10.1 Å². The highest BCUT2D eigenvalue weighted by Crippen LogP contribution is 2.24. The Morgan fingerprint density at radius 3 is 2.79 bits per heavy atom. The monoisotopic (exact) mass is 327 g/mol. The number of anilines is 1. The van der Waals surface area contributed by atoms with E-state index in [1.807, 2.05) is 43.4 Å². The van der Waals surface area contributed by atoms with Crippen LogP contribution in [0, 0.1) is 0 Å². The van der Waals surface area contributed by atoms with Crippen molar-refractivity contribution in [3.05, 3.63) is 48.7 Å². The average molecular weight is 327 g/mol. The molecule has 0 bridgehead atoms. The molecule has 0 fully saturated rings. The molecule has 0 amide bonds. The van der Waals surface area contributed by atoms with Gasteiger partial charge in [0.2, 0.25) is 0 Å². The van der Waals surface area contributed by atoms with E-state index in [1.165, 1.54) is 0 Å². The first-order valence-corrected chi connectivity index (χ1v) is 7.61. The molecule has 0 unspecified atom stereocenters. The van der Waals surface area contributed by atoms with Gasteiger partial charge in [-0.15, -0.1) is 0 Å². The van der Waals surface area contributed by atoms with Gasteiger partial charge < -0.3 is 15.2 Å². The summed E-state index contributed by atoms with van der Waals surface area (Å²) in [6.45, 7) is -0.893. The van der Waals surface area contributed by atoms with Crippen molar-refractivity contribution >= 4 is 16.7 Å². The highest BCUT2D eigenvalue weighted by molar-refractivity contribution is 5.82. The molecule has 3 rings (SSSR count). The molecule has 1 aromatic carbocycles. The summed E-state index contributed by atoms with van der Waals surface area (Å²) in [7, 11) is 1.82.